The van der Waals surface area contributed by atoms with Crippen molar-refractivity contribution in [2.45, 2.75) is 52.2 Å². The number of amides is 3. The number of piperidine rings is 1. The molecule has 3 amide bonds. The largest absolute Gasteiger partial charge is 0.466 e. The van der Waals surface area contributed by atoms with E-state index >= 15 is 0 Å². The molecule has 0 aromatic heterocycles. The standard InChI is InChI=1S/C20H27N3O4/c1-12(2)21-17(24)14-6-5-9-23(11-14)19(26)20(4)18(25)22-15-10-13(3)7-8-16(15)27-20/h7-8,10,12,14H,5-6,9,11H2,1-4H3,(H,21,24)(H,22,25). The maximum Gasteiger partial charge on any atom is 0.278 e. The van der Waals surface area contributed by atoms with Crippen LogP contribution in [0.2, 0.25) is 0 Å². The highest BCUT2D eigenvalue weighted by Gasteiger charge is 2.50. The van der Waals surface area contributed by atoms with E-state index in [1.807, 2.05) is 32.9 Å². The highest BCUT2D eigenvalue weighted by molar-refractivity contribution is 6.15. The Balaban J connectivity index is 1.77. The zero-order chi connectivity index (χ0) is 19.8. The Bertz CT molecular complexity index is 776. The number of hydrogen-bond acceptors (Lipinski definition) is 4. The van der Waals surface area contributed by atoms with Crippen molar-refractivity contribution in [3.05, 3.63) is 23.8 Å². The number of nitrogens with one attached hydrogen (secondary N) is 2. The molecule has 27 heavy (non-hydrogen) atoms. The molecule has 7 nitrogen and oxygen atoms in total. The first-order valence-corrected chi connectivity index (χ1v) is 9.41. The summed E-state index contributed by atoms with van der Waals surface area (Å²) < 4.78 is 5.86. The van der Waals surface area contributed by atoms with Crippen LogP contribution in [0.15, 0.2) is 18.2 Å². The number of aryl methyl sites for hydroxylation is 1. The maximum absolute atomic E-state index is 13.2. The molecule has 0 radical (unpaired) electrons. The van der Waals surface area contributed by atoms with Gasteiger partial charge in [0.15, 0.2) is 0 Å². The summed E-state index contributed by atoms with van der Waals surface area (Å²) in [6.45, 7) is 8.03. The van der Waals surface area contributed by atoms with Gasteiger partial charge in [0.2, 0.25) is 5.91 Å². The number of ether oxygens (including phenoxy) is 1. The van der Waals surface area contributed by atoms with E-state index in [1.165, 1.54) is 6.92 Å². The van der Waals surface area contributed by atoms with Crippen molar-refractivity contribution < 1.29 is 19.1 Å². The molecule has 1 aromatic carbocycles. The van der Waals surface area contributed by atoms with Crippen LogP contribution in [0.4, 0.5) is 5.69 Å². The number of carbonyl (C=O) groups is 3. The van der Waals surface area contributed by atoms with Crippen LogP contribution < -0.4 is 15.4 Å². The molecular formula is C20H27N3O4. The summed E-state index contributed by atoms with van der Waals surface area (Å²) in [7, 11) is 0. The summed E-state index contributed by atoms with van der Waals surface area (Å²) in [5, 5.41) is 5.68. The van der Waals surface area contributed by atoms with Crippen LogP contribution in [-0.2, 0) is 14.4 Å². The van der Waals surface area contributed by atoms with Crippen molar-refractivity contribution in [2.75, 3.05) is 18.4 Å². The highest BCUT2D eigenvalue weighted by Crippen LogP contribution is 2.35. The fourth-order valence-corrected chi connectivity index (χ4v) is 3.56. The first kappa shape index (κ1) is 19.2. The Labute approximate surface area is 159 Å². The molecular weight excluding hydrogens is 346 g/mol. The smallest absolute Gasteiger partial charge is 0.278 e. The first-order valence-electron chi connectivity index (χ1n) is 9.41. The molecule has 0 aliphatic carbocycles. The Hall–Kier alpha value is -2.57. The molecule has 3 rings (SSSR count). The lowest BCUT2D eigenvalue weighted by molar-refractivity contribution is -0.156. The quantitative estimate of drug-likeness (QED) is 0.792. The summed E-state index contributed by atoms with van der Waals surface area (Å²) in [5.74, 6) is -0.743. The SMILES string of the molecule is Cc1ccc2c(c1)NC(=O)C(C)(C(=O)N1CCCC(C(=O)NC(C)C)C1)O2. The fraction of sp³-hybridized carbons (Fsp3) is 0.550. The zero-order valence-corrected chi connectivity index (χ0v) is 16.3. The van der Waals surface area contributed by atoms with E-state index < -0.39 is 17.4 Å². The van der Waals surface area contributed by atoms with Gasteiger partial charge in [0.05, 0.1) is 11.6 Å². The van der Waals surface area contributed by atoms with Crippen molar-refractivity contribution >= 4 is 23.4 Å². The molecule has 0 spiro atoms. The maximum atomic E-state index is 13.2. The van der Waals surface area contributed by atoms with Crippen molar-refractivity contribution in [1.29, 1.82) is 0 Å². The second kappa shape index (κ2) is 7.21. The topological polar surface area (TPSA) is 87.7 Å². The number of benzene rings is 1. The summed E-state index contributed by atoms with van der Waals surface area (Å²) >= 11 is 0. The molecule has 2 heterocycles. The number of rotatable bonds is 3. The molecule has 146 valence electrons. The second-order valence-electron chi connectivity index (χ2n) is 7.84. The molecule has 7 heteroatoms. The number of fused-ring (bicyclic) bond motifs is 1. The number of anilines is 1. The van der Waals surface area contributed by atoms with E-state index in [9.17, 15) is 14.4 Å². The minimum absolute atomic E-state index is 0.0495. The molecule has 2 atom stereocenters. The van der Waals surface area contributed by atoms with Crippen molar-refractivity contribution in [3.63, 3.8) is 0 Å². The van der Waals surface area contributed by atoms with Gasteiger partial charge in [0, 0.05) is 19.1 Å². The van der Waals surface area contributed by atoms with E-state index in [-0.39, 0.29) is 17.9 Å². The van der Waals surface area contributed by atoms with E-state index in [0.29, 0.717) is 24.5 Å². The Morgan fingerprint density at radius 1 is 1.37 bits per heavy atom. The minimum atomic E-state index is -1.64. The van der Waals surface area contributed by atoms with Crippen LogP contribution >= 0.6 is 0 Å². The van der Waals surface area contributed by atoms with Crippen molar-refractivity contribution in [1.82, 2.24) is 10.2 Å². The van der Waals surface area contributed by atoms with Gasteiger partial charge in [-0.3, -0.25) is 14.4 Å². The predicted octanol–water partition coefficient (Wildman–Crippen LogP) is 1.85. The van der Waals surface area contributed by atoms with E-state index in [4.69, 9.17) is 4.74 Å². The fourth-order valence-electron chi connectivity index (χ4n) is 3.56. The predicted molar refractivity (Wildman–Crippen MR) is 101 cm³/mol. The average molecular weight is 373 g/mol. The molecule has 1 saturated heterocycles. The third-order valence-electron chi connectivity index (χ3n) is 5.05. The van der Waals surface area contributed by atoms with E-state index in [0.717, 1.165) is 18.4 Å². The third-order valence-corrected chi connectivity index (χ3v) is 5.05. The lowest BCUT2D eigenvalue weighted by Gasteiger charge is -2.40. The van der Waals surface area contributed by atoms with E-state index in [2.05, 4.69) is 10.6 Å². The van der Waals surface area contributed by atoms with Gasteiger partial charge in [-0.2, -0.15) is 0 Å². The lowest BCUT2D eigenvalue weighted by atomic mass is 9.93. The minimum Gasteiger partial charge on any atom is -0.466 e. The number of nitrogens with zero attached hydrogens (tertiary/aromatic N) is 1. The van der Waals surface area contributed by atoms with Gasteiger partial charge in [-0.15, -0.1) is 0 Å². The lowest BCUT2D eigenvalue weighted by Crippen LogP contribution is -2.61. The number of hydrogen-bond donors (Lipinski definition) is 2. The molecule has 1 aromatic rings. The summed E-state index contributed by atoms with van der Waals surface area (Å²) in [5.41, 5.74) is -0.0840. The van der Waals surface area contributed by atoms with Gasteiger partial charge in [-0.25, -0.2) is 0 Å². The number of likely N-dealkylation sites (tertiary alicyclic amines) is 1. The number of carbonyl (C=O) groups excluding carboxylic acids is 3. The highest BCUT2D eigenvalue weighted by atomic mass is 16.5. The monoisotopic (exact) mass is 373 g/mol. The van der Waals surface area contributed by atoms with Gasteiger partial charge in [0.25, 0.3) is 17.4 Å². The normalized spacial score (nSPS) is 24.7. The van der Waals surface area contributed by atoms with E-state index in [1.54, 1.807) is 11.0 Å². The Morgan fingerprint density at radius 2 is 2.11 bits per heavy atom. The van der Waals surface area contributed by atoms with Gasteiger partial charge < -0.3 is 20.3 Å². The molecule has 2 aliphatic rings. The molecule has 1 fully saturated rings. The Morgan fingerprint density at radius 3 is 2.81 bits per heavy atom. The molecule has 2 unspecified atom stereocenters. The van der Waals surface area contributed by atoms with Crippen LogP contribution in [0.25, 0.3) is 0 Å². The zero-order valence-electron chi connectivity index (χ0n) is 16.3. The third kappa shape index (κ3) is 3.77. The van der Waals surface area contributed by atoms with Gasteiger partial charge in [0.1, 0.15) is 5.75 Å². The van der Waals surface area contributed by atoms with Crippen LogP contribution in [0, 0.1) is 12.8 Å². The summed E-state index contributed by atoms with van der Waals surface area (Å²) in [6.07, 6.45) is 1.45. The second-order valence-corrected chi connectivity index (χ2v) is 7.84. The van der Waals surface area contributed by atoms with Gasteiger partial charge in [-0.1, -0.05) is 6.07 Å². The van der Waals surface area contributed by atoms with Crippen molar-refractivity contribution in [2.24, 2.45) is 5.92 Å². The van der Waals surface area contributed by atoms with Crippen molar-refractivity contribution in [3.8, 4) is 5.75 Å². The van der Waals surface area contributed by atoms with Crippen LogP contribution in [0.5, 0.6) is 5.75 Å². The summed E-state index contributed by atoms with van der Waals surface area (Å²) in [6, 6.07) is 5.48. The molecule has 0 bridgehead atoms. The van der Waals surface area contributed by atoms with Crippen LogP contribution in [0.3, 0.4) is 0 Å². The Kier molecular flexibility index (Phi) is 5.13. The average Bonchev–Trinajstić information content (AvgIpc) is 2.62. The first-order chi connectivity index (χ1) is 12.7. The van der Waals surface area contributed by atoms with Crippen LogP contribution in [0.1, 0.15) is 39.2 Å². The molecule has 0 saturated carbocycles. The molecule has 2 N–H and O–H groups in total. The van der Waals surface area contributed by atoms with Gasteiger partial charge >= 0.3 is 0 Å². The van der Waals surface area contributed by atoms with Gasteiger partial charge in [-0.05, 0) is 58.2 Å². The molecule has 2 aliphatic heterocycles. The summed E-state index contributed by atoms with van der Waals surface area (Å²) in [4.78, 5) is 39.7. The van der Waals surface area contributed by atoms with Crippen LogP contribution in [-0.4, -0.2) is 47.4 Å².